The summed E-state index contributed by atoms with van der Waals surface area (Å²) in [7, 11) is 0. The van der Waals surface area contributed by atoms with Gasteiger partial charge in [0.15, 0.2) is 11.6 Å². The molecule has 3 aromatic rings. The lowest BCUT2D eigenvalue weighted by atomic mass is 9.68. The zero-order chi connectivity index (χ0) is 33.7. The predicted molar refractivity (Wildman–Crippen MR) is 195 cm³/mol. The fourth-order valence-corrected chi connectivity index (χ4v) is 8.51. The summed E-state index contributed by atoms with van der Waals surface area (Å²) in [6.45, 7) is 4.82. The minimum Gasteiger partial charge on any atom is -0.490 e. The molecule has 1 nitrogen and oxygen atoms in total. The van der Waals surface area contributed by atoms with E-state index in [1.165, 1.54) is 89.5 Å². The van der Waals surface area contributed by atoms with E-state index >= 15 is 8.78 Å². The average molecular weight is 661 g/mol. The van der Waals surface area contributed by atoms with Gasteiger partial charge >= 0.3 is 0 Å². The zero-order valence-electron chi connectivity index (χ0n) is 29.7. The summed E-state index contributed by atoms with van der Waals surface area (Å²) in [6, 6.07) is 15.8. The minimum absolute atomic E-state index is 0.0510. The summed E-state index contributed by atoms with van der Waals surface area (Å²) < 4.78 is 50.9. The maximum atomic E-state index is 15.5. The Morgan fingerprint density at radius 2 is 1.12 bits per heavy atom. The van der Waals surface area contributed by atoms with Crippen molar-refractivity contribution in [2.24, 2.45) is 17.8 Å². The Hall–Kier alpha value is -2.75. The van der Waals surface area contributed by atoms with E-state index in [1.54, 1.807) is 36.4 Å². The molecule has 2 saturated carbocycles. The third-order valence-electron chi connectivity index (χ3n) is 11.6. The van der Waals surface area contributed by atoms with E-state index in [1.807, 2.05) is 6.07 Å². The summed E-state index contributed by atoms with van der Waals surface area (Å²) in [5, 5.41) is 0. The number of hydrogen-bond donors (Lipinski definition) is 0. The quantitative estimate of drug-likeness (QED) is 0.131. The van der Waals surface area contributed by atoms with Crippen LogP contribution >= 0.6 is 0 Å². The molecular weight excluding hydrogens is 601 g/mol. The molecule has 262 valence electrons. The lowest BCUT2D eigenvalue weighted by molar-refractivity contribution is 0.155. The number of halogens is 3. The first-order valence-electron chi connectivity index (χ1n) is 19.5. The van der Waals surface area contributed by atoms with Gasteiger partial charge < -0.3 is 4.74 Å². The molecule has 0 aromatic heterocycles. The molecule has 48 heavy (non-hydrogen) atoms. The highest BCUT2D eigenvalue weighted by Crippen LogP contribution is 2.45. The maximum Gasteiger partial charge on any atom is 0.201 e. The fraction of sp³-hybridized carbons (Fsp3) is 0.591. The molecule has 0 atom stereocenters. The molecule has 0 aliphatic heterocycles. The molecule has 0 unspecified atom stereocenters. The second-order valence-electron chi connectivity index (χ2n) is 14.9. The Morgan fingerprint density at radius 3 is 1.75 bits per heavy atom. The first-order chi connectivity index (χ1) is 23.5. The predicted octanol–water partition coefficient (Wildman–Crippen LogP) is 14.2. The van der Waals surface area contributed by atoms with E-state index in [4.69, 9.17) is 4.74 Å². The molecule has 0 N–H and O–H groups in total. The highest BCUT2D eigenvalue weighted by atomic mass is 19.2. The standard InChI is InChI=1S/C44H59F3O/c1-3-5-7-9-11-13-32-14-16-33(17-15-32)34-18-20-35(21-19-34)38-26-27-39(41(45)31-38)36-22-24-37(25-23-36)40-28-29-42(44(47)43(40)46)48-30-12-10-8-6-4-2/h22-29,31-35H,3-21,30H2,1-2H3. The van der Waals surface area contributed by atoms with Gasteiger partial charge in [0.05, 0.1) is 6.61 Å². The third kappa shape index (κ3) is 9.91. The van der Waals surface area contributed by atoms with E-state index in [0.717, 1.165) is 67.4 Å². The van der Waals surface area contributed by atoms with Crippen molar-refractivity contribution >= 4 is 0 Å². The molecule has 0 bridgehead atoms. The van der Waals surface area contributed by atoms with Crippen molar-refractivity contribution in [3.05, 3.63) is 77.6 Å². The smallest absolute Gasteiger partial charge is 0.201 e. The van der Waals surface area contributed by atoms with E-state index < -0.39 is 11.6 Å². The van der Waals surface area contributed by atoms with E-state index in [-0.39, 0.29) is 17.1 Å². The Bertz CT molecular complexity index is 1380. The van der Waals surface area contributed by atoms with E-state index in [2.05, 4.69) is 19.9 Å². The molecule has 0 spiro atoms. The number of hydrogen-bond acceptors (Lipinski definition) is 1. The van der Waals surface area contributed by atoms with Crippen molar-refractivity contribution in [3.63, 3.8) is 0 Å². The van der Waals surface area contributed by atoms with Gasteiger partial charge in [0.25, 0.3) is 0 Å². The molecule has 5 rings (SSSR count). The molecule has 0 heterocycles. The van der Waals surface area contributed by atoms with Crippen LogP contribution < -0.4 is 4.74 Å². The Morgan fingerprint density at radius 1 is 0.562 bits per heavy atom. The Balaban J connectivity index is 1.10. The third-order valence-corrected chi connectivity index (χ3v) is 11.6. The molecule has 0 radical (unpaired) electrons. The molecule has 2 fully saturated rings. The van der Waals surface area contributed by atoms with Crippen LogP contribution in [0.4, 0.5) is 13.2 Å². The number of rotatable bonds is 17. The monoisotopic (exact) mass is 660 g/mol. The Kier molecular flexibility index (Phi) is 14.4. The van der Waals surface area contributed by atoms with Gasteiger partial charge in [-0.3, -0.25) is 0 Å². The zero-order valence-corrected chi connectivity index (χ0v) is 29.7. The average Bonchev–Trinajstić information content (AvgIpc) is 3.12. The summed E-state index contributed by atoms with van der Waals surface area (Å²) in [5.41, 5.74) is 3.10. The largest absolute Gasteiger partial charge is 0.490 e. The molecule has 3 aromatic carbocycles. The van der Waals surface area contributed by atoms with Gasteiger partial charge in [-0.1, -0.05) is 127 Å². The van der Waals surface area contributed by atoms with Crippen molar-refractivity contribution < 1.29 is 17.9 Å². The lowest BCUT2D eigenvalue weighted by Gasteiger charge is -2.38. The molecule has 2 aliphatic carbocycles. The fourth-order valence-electron chi connectivity index (χ4n) is 8.51. The first kappa shape index (κ1) is 36.5. The summed E-state index contributed by atoms with van der Waals surface area (Å²) in [6.07, 6.45) is 24.2. The van der Waals surface area contributed by atoms with Crippen LogP contribution in [0.15, 0.2) is 54.6 Å². The van der Waals surface area contributed by atoms with Crippen LogP contribution in [-0.4, -0.2) is 6.61 Å². The van der Waals surface area contributed by atoms with Crippen LogP contribution in [0, 0.1) is 35.2 Å². The molecule has 0 saturated heterocycles. The van der Waals surface area contributed by atoms with Crippen molar-refractivity contribution in [3.8, 4) is 28.0 Å². The molecule has 4 heteroatoms. The van der Waals surface area contributed by atoms with Crippen molar-refractivity contribution in [2.45, 2.75) is 142 Å². The molecule has 0 amide bonds. The van der Waals surface area contributed by atoms with Gasteiger partial charge in [-0.15, -0.1) is 0 Å². The van der Waals surface area contributed by atoms with Crippen LogP contribution in [0.1, 0.15) is 147 Å². The van der Waals surface area contributed by atoms with Gasteiger partial charge in [-0.25, -0.2) is 8.78 Å². The number of unbranched alkanes of at least 4 members (excludes halogenated alkanes) is 8. The van der Waals surface area contributed by atoms with Crippen LogP contribution in [0.5, 0.6) is 5.75 Å². The van der Waals surface area contributed by atoms with Crippen molar-refractivity contribution in [1.82, 2.24) is 0 Å². The topological polar surface area (TPSA) is 9.23 Å². The van der Waals surface area contributed by atoms with Gasteiger partial charge in [-0.05, 0) is 104 Å². The maximum absolute atomic E-state index is 15.5. The van der Waals surface area contributed by atoms with E-state index in [0.29, 0.717) is 23.7 Å². The van der Waals surface area contributed by atoms with Gasteiger partial charge in [0, 0.05) is 11.1 Å². The highest BCUT2D eigenvalue weighted by molar-refractivity contribution is 5.71. The molecule has 2 aliphatic rings. The van der Waals surface area contributed by atoms with Crippen LogP contribution in [0.25, 0.3) is 22.3 Å². The number of ether oxygens (including phenoxy) is 1. The lowest BCUT2D eigenvalue weighted by Crippen LogP contribution is -2.25. The van der Waals surface area contributed by atoms with Crippen molar-refractivity contribution in [1.29, 1.82) is 0 Å². The first-order valence-corrected chi connectivity index (χ1v) is 19.5. The van der Waals surface area contributed by atoms with E-state index in [9.17, 15) is 4.39 Å². The van der Waals surface area contributed by atoms with Crippen molar-refractivity contribution in [2.75, 3.05) is 6.61 Å². The summed E-state index contributed by atoms with van der Waals surface area (Å²) in [4.78, 5) is 0. The van der Waals surface area contributed by atoms with Crippen LogP contribution in [0.2, 0.25) is 0 Å². The SMILES string of the molecule is CCCCCCCOc1ccc(-c2ccc(-c3ccc(C4CCC(C5CCC(CCCCCCC)CC5)CC4)cc3F)cc2)c(F)c1F. The minimum atomic E-state index is -0.961. The summed E-state index contributed by atoms with van der Waals surface area (Å²) >= 11 is 0. The molecular formula is C44H59F3O. The number of benzene rings is 3. The Labute approximate surface area is 289 Å². The van der Waals surface area contributed by atoms with Gasteiger partial charge in [0.1, 0.15) is 5.82 Å². The second-order valence-corrected chi connectivity index (χ2v) is 14.9. The highest BCUT2D eigenvalue weighted by Gasteiger charge is 2.31. The summed E-state index contributed by atoms with van der Waals surface area (Å²) in [5.74, 6) is 0.977. The normalized spacial score (nSPS) is 21.4. The van der Waals surface area contributed by atoms with Crippen LogP contribution in [-0.2, 0) is 0 Å². The second kappa shape index (κ2) is 18.9. The van der Waals surface area contributed by atoms with Gasteiger partial charge in [0.2, 0.25) is 5.82 Å². The van der Waals surface area contributed by atoms with Gasteiger partial charge in [-0.2, -0.15) is 4.39 Å². The van der Waals surface area contributed by atoms with Crippen LogP contribution in [0.3, 0.4) is 0 Å².